The molecule has 2 aromatic heterocycles. The van der Waals surface area contributed by atoms with Gasteiger partial charge in [0, 0.05) is 10.8 Å². The average molecular weight is 561 g/mol. The molecule has 4 aromatic rings. The molecule has 2 aromatic carbocycles. The van der Waals surface area contributed by atoms with Gasteiger partial charge >= 0.3 is 0 Å². The molecule has 0 saturated carbocycles. The van der Waals surface area contributed by atoms with Gasteiger partial charge in [0.1, 0.15) is 24.3 Å². The summed E-state index contributed by atoms with van der Waals surface area (Å²) < 4.78 is 47.8. The molecule has 0 amide bonds. The molecule has 2 aliphatic heterocycles. The van der Waals surface area contributed by atoms with Crippen LogP contribution in [0.2, 0.25) is 0 Å². The molecular formula is C27H24N6O4S2. The minimum absolute atomic E-state index is 0.139. The zero-order chi connectivity index (χ0) is 27.8. The second kappa shape index (κ2) is 10.1. The summed E-state index contributed by atoms with van der Waals surface area (Å²) in [6.07, 6.45) is 14.5. The Morgan fingerprint density at radius 3 is 1.85 bits per heavy atom. The maximum absolute atomic E-state index is 12.0. The van der Waals surface area contributed by atoms with E-state index in [-0.39, 0.29) is 17.5 Å². The summed E-state index contributed by atoms with van der Waals surface area (Å²) in [4.78, 5) is 17.5. The summed E-state index contributed by atoms with van der Waals surface area (Å²) in [5.74, 6) is 6.52. The first-order valence-electron chi connectivity index (χ1n) is 12.0. The van der Waals surface area contributed by atoms with Gasteiger partial charge in [-0.2, -0.15) is 0 Å². The normalized spacial score (nSPS) is 16.7. The van der Waals surface area contributed by atoms with Crippen LogP contribution >= 0.6 is 0 Å². The lowest BCUT2D eigenvalue weighted by Crippen LogP contribution is -2.14. The van der Waals surface area contributed by atoms with Crippen LogP contribution in [0.5, 0.6) is 0 Å². The zero-order valence-electron chi connectivity index (χ0n) is 21.0. The highest BCUT2D eigenvalue weighted by Gasteiger charge is 2.30. The van der Waals surface area contributed by atoms with E-state index in [2.05, 4.69) is 42.4 Å². The van der Waals surface area contributed by atoms with Gasteiger partial charge in [-0.3, -0.25) is 0 Å². The quantitative estimate of drug-likeness (QED) is 0.357. The lowest BCUT2D eigenvalue weighted by atomic mass is 10.1. The number of nitrogens with one attached hydrogen (secondary N) is 2. The van der Waals surface area contributed by atoms with E-state index in [1.807, 2.05) is 6.92 Å². The summed E-state index contributed by atoms with van der Waals surface area (Å²) in [5, 5.41) is 7.64. The van der Waals surface area contributed by atoms with Gasteiger partial charge in [-0.05, 0) is 55.2 Å². The van der Waals surface area contributed by atoms with E-state index in [0.717, 1.165) is 32.9 Å². The first-order valence-corrected chi connectivity index (χ1v) is 15.4. The Hall–Kier alpha value is -4.26. The molecule has 4 heterocycles. The Labute approximate surface area is 226 Å². The van der Waals surface area contributed by atoms with Crippen molar-refractivity contribution in [1.29, 1.82) is 0 Å². The van der Waals surface area contributed by atoms with Gasteiger partial charge in [0.2, 0.25) is 0 Å². The predicted octanol–water partition coefficient (Wildman–Crippen LogP) is 2.40. The molecule has 1 unspecified atom stereocenters. The van der Waals surface area contributed by atoms with Crippen molar-refractivity contribution in [1.82, 2.24) is 19.9 Å². The fourth-order valence-electron chi connectivity index (χ4n) is 4.80. The van der Waals surface area contributed by atoms with Crippen LogP contribution in [0.25, 0.3) is 21.8 Å². The molecular weight excluding hydrogens is 536 g/mol. The number of terminal acetylenes is 2. The number of fused-ring (bicyclic) bond motifs is 6. The van der Waals surface area contributed by atoms with Crippen molar-refractivity contribution in [3.8, 4) is 24.7 Å². The molecule has 198 valence electrons. The third-order valence-corrected chi connectivity index (χ3v) is 10.2. The number of nitrogens with zero attached hydrogens (tertiary/aromatic N) is 4. The lowest BCUT2D eigenvalue weighted by Gasteiger charge is -2.12. The molecule has 39 heavy (non-hydrogen) atoms. The van der Waals surface area contributed by atoms with Gasteiger partial charge in [-0.1, -0.05) is 11.8 Å². The van der Waals surface area contributed by atoms with E-state index in [0.29, 0.717) is 40.8 Å². The van der Waals surface area contributed by atoms with Crippen molar-refractivity contribution in [2.24, 2.45) is 0 Å². The van der Waals surface area contributed by atoms with Crippen molar-refractivity contribution in [2.45, 2.75) is 35.6 Å². The summed E-state index contributed by atoms with van der Waals surface area (Å²) in [7, 11) is -6.33. The third kappa shape index (κ3) is 4.85. The zero-order valence-corrected chi connectivity index (χ0v) is 22.6. The van der Waals surface area contributed by atoms with Crippen LogP contribution < -0.4 is 10.6 Å². The van der Waals surface area contributed by atoms with E-state index in [9.17, 15) is 16.8 Å². The molecule has 10 nitrogen and oxygen atoms in total. The molecule has 12 heteroatoms. The first-order chi connectivity index (χ1) is 18.7. The topological polar surface area (TPSA) is 144 Å². The van der Waals surface area contributed by atoms with Gasteiger partial charge in [0.05, 0.1) is 44.9 Å². The Balaban J connectivity index is 0.000000158. The van der Waals surface area contributed by atoms with Crippen LogP contribution in [0.3, 0.4) is 0 Å². The molecule has 2 aliphatic rings. The van der Waals surface area contributed by atoms with Crippen LogP contribution in [0.1, 0.15) is 18.1 Å². The van der Waals surface area contributed by atoms with Crippen molar-refractivity contribution in [3.05, 3.63) is 48.0 Å². The number of benzene rings is 2. The van der Waals surface area contributed by atoms with Crippen LogP contribution in [0.15, 0.2) is 46.7 Å². The van der Waals surface area contributed by atoms with E-state index >= 15 is 0 Å². The van der Waals surface area contributed by atoms with Gasteiger partial charge in [-0.25, -0.2) is 36.8 Å². The second-order valence-electron chi connectivity index (χ2n) is 9.05. The highest BCUT2D eigenvalue weighted by atomic mass is 32.2. The van der Waals surface area contributed by atoms with Crippen molar-refractivity contribution in [2.75, 3.05) is 28.7 Å². The predicted molar refractivity (Wildman–Crippen MR) is 150 cm³/mol. The highest BCUT2D eigenvalue weighted by Crippen LogP contribution is 2.35. The van der Waals surface area contributed by atoms with Gasteiger partial charge in [-0.15, -0.1) is 12.8 Å². The fraction of sp³-hybridized carbons (Fsp3) is 0.259. The molecule has 0 radical (unpaired) electrons. The minimum Gasteiger partial charge on any atom is -0.359 e. The largest absolute Gasteiger partial charge is 0.359 e. The van der Waals surface area contributed by atoms with Crippen molar-refractivity contribution >= 4 is 53.1 Å². The maximum atomic E-state index is 12.0. The molecule has 2 N–H and O–H groups in total. The third-order valence-electron chi connectivity index (χ3n) is 6.61. The maximum Gasteiger partial charge on any atom is 0.179 e. The Morgan fingerprint density at radius 2 is 1.33 bits per heavy atom. The fourth-order valence-corrected chi connectivity index (χ4v) is 7.90. The summed E-state index contributed by atoms with van der Waals surface area (Å²) in [6, 6.07) is 6.48. The number of anilines is 2. The Bertz CT molecular complexity index is 1930. The van der Waals surface area contributed by atoms with Crippen LogP contribution in [0.4, 0.5) is 11.6 Å². The summed E-state index contributed by atoms with van der Waals surface area (Å²) in [5.41, 5.74) is 3.03. The number of hydrogen-bond donors (Lipinski definition) is 2. The van der Waals surface area contributed by atoms with Crippen molar-refractivity contribution in [3.63, 3.8) is 0 Å². The standard InChI is InChI=1S/C14H13N3O2S.C13H11N3O2S/c1-3-9(2)17-14-13-10-6-7-20(18,19)12(10)5-4-11(13)15-8-16-14;1-2-6-14-13-12-9-5-7-19(17,18)11(9)4-3-10(12)15-8-16-13/h1,4-5,8-9H,6-7H2,2H3,(H,15,16,17);1,3-4,8H,5-7H2,(H,14,15,16). The summed E-state index contributed by atoms with van der Waals surface area (Å²) >= 11 is 0. The van der Waals surface area contributed by atoms with Gasteiger partial charge in [0.15, 0.2) is 19.7 Å². The second-order valence-corrected chi connectivity index (χ2v) is 13.2. The van der Waals surface area contributed by atoms with E-state index in [1.54, 1.807) is 24.3 Å². The van der Waals surface area contributed by atoms with E-state index in [4.69, 9.17) is 12.8 Å². The Kier molecular flexibility index (Phi) is 6.85. The van der Waals surface area contributed by atoms with Crippen LogP contribution in [-0.2, 0) is 32.5 Å². The van der Waals surface area contributed by atoms with E-state index in [1.165, 1.54) is 12.7 Å². The number of aromatic nitrogens is 4. The summed E-state index contributed by atoms with van der Waals surface area (Å²) in [6.45, 7) is 2.18. The molecule has 0 bridgehead atoms. The van der Waals surface area contributed by atoms with Crippen molar-refractivity contribution < 1.29 is 16.8 Å². The Morgan fingerprint density at radius 1 is 0.821 bits per heavy atom. The highest BCUT2D eigenvalue weighted by molar-refractivity contribution is 7.92. The smallest absolute Gasteiger partial charge is 0.179 e. The molecule has 1 atom stereocenters. The molecule has 0 saturated heterocycles. The molecule has 0 fully saturated rings. The van der Waals surface area contributed by atoms with Gasteiger partial charge in [0.25, 0.3) is 0 Å². The monoisotopic (exact) mass is 560 g/mol. The van der Waals surface area contributed by atoms with E-state index < -0.39 is 19.7 Å². The average Bonchev–Trinajstić information content (AvgIpc) is 3.42. The minimum atomic E-state index is -3.17. The number of sulfone groups is 2. The number of rotatable bonds is 4. The number of hydrogen-bond acceptors (Lipinski definition) is 10. The molecule has 0 spiro atoms. The van der Waals surface area contributed by atoms with Crippen LogP contribution in [0, 0.1) is 24.7 Å². The van der Waals surface area contributed by atoms with Gasteiger partial charge < -0.3 is 10.6 Å². The molecule has 0 aliphatic carbocycles. The number of aryl methyl sites for hydroxylation is 2. The molecule has 6 rings (SSSR count). The first kappa shape index (κ1) is 26.4. The SMILES string of the molecule is C#CC(C)Nc1ncnc2ccc3c(c12)CCS3(=O)=O.C#CCNc1ncnc2ccc3c(c12)CCS3(=O)=O. The van der Waals surface area contributed by atoms with Crippen LogP contribution in [-0.4, -0.2) is 60.9 Å². The lowest BCUT2D eigenvalue weighted by molar-refractivity contribution is 0.598.